The number of benzene rings is 1. The molecule has 0 aliphatic heterocycles. The number of sulfone groups is 2. The normalized spacial score (nSPS) is 12.9. The van der Waals surface area contributed by atoms with Crippen molar-refractivity contribution in [1.82, 2.24) is 0 Å². The van der Waals surface area contributed by atoms with Crippen molar-refractivity contribution in [2.75, 3.05) is 12.2 Å². The van der Waals surface area contributed by atoms with Crippen LogP contribution in [0.3, 0.4) is 0 Å². The first-order chi connectivity index (χ1) is 8.14. The maximum atomic E-state index is 12.0. The molecule has 0 fully saturated rings. The molecule has 0 aromatic heterocycles. The SMILES string of the molecule is CC(C)OCS(=O)(=O)c1ccccc1S(C)(=O)=O. The highest BCUT2D eigenvalue weighted by Crippen LogP contribution is 2.22. The summed E-state index contributed by atoms with van der Waals surface area (Å²) in [7, 11) is -7.36. The molecule has 1 aromatic rings. The highest BCUT2D eigenvalue weighted by molar-refractivity contribution is 7.94. The second-order valence-corrected chi connectivity index (χ2v) is 8.06. The van der Waals surface area contributed by atoms with Gasteiger partial charge in [-0.2, -0.15) is 0 Å². The molecule has 0 saturated heterocycles. The summed E-state index contributed by atoms with van der Waals surface area (Å²) in [6.07, 6.45) is 0.732. The molecule has 0 aliphatic rings. The highest BCUT2D eigenvalue weighted by Gasteiger charge is 2.23. The van der Waals surface area contributed by atoms with Gasteiger partial charge in [0, 0.05) is 6.26 Å². The topological polar surface area (TPSA) is 77.5 Å². The minimum atomic E-state index is -3.77. The van der Waals surface area contributed by atoms with Crippen LogP contribution in [-0.2, 0) is 24.4 Å². The summed E-state index contributed by atoms with van der Waals surface area (Å²) < 4.78 is 52.1. The minimum absolute atomic E-state index is 0.197. The molecule has 1 rings (SSSR count). The van der Waals surface area contributed by atoms with Gasteiger partial charge in [0.05, 0.1) is 15.9 Å². The molecule has 0 atom stereocenters. The fraction of sp³-hybridized carbons (Fsp3) is 0.455. The Morgan fingerprint density at radius 1 is 1.06 bits per heavy atom. The number of rotatable bonds is 5. The van der Waals surface area contributed by atoms with Crippen LogP contribution in [0, 0.1) is 0 Å². The standard InChI is InChI=1S/C11H16O5S2/c1-9(2)16-8-18(14,15)11-7-5-4-6-10(11)17(3,12)13/h4-7,9H,8H2,1-3H3. The fourth-order valence-electron chi connectivity index (χ4n) is 1.30. The third-order valence-corrected chi connectivity index (χ3v) is 4.90. The van der Waals surface area contributed by atoms with E-state index < -0.39 is 25.6 Å². The zero-order chi connectivity index (χ0) is 14.0. The Morgan fingerprint density at radius 3 is 2.00 bits per heavy atom. The molecule has 0 spiro atoms. The fourth-order valence-corrected chi connectivity index (χ4v) is 4.14. The molecule has 0 N–H and O–H groups in total. The molecule has 5 nitrogen and oxygen atoms in total. The van der Waals surface area contributed by atoms with Gasteiger partial charge in [-0.15, -0.1) is 0 Å². The van der Waals surface area contributed by atoms with E-state index in [2.05, 4.69) is 0 Å². The van der Waals surface area contributed by atoms with Crippen molar-refractivity contribution in [1.29, 1.82) is 0 Å². The Balaban J connectivity index is 3.26. The van der Waals surface area contributed by atoms with E-state index in [1.165, 1.54) is 24.3 Å². The lowest BCUT2D eigenvalue weighted by atomic mass is 10.4. The Morgan fingerprint density at radius 2 is 1.56 bits per heavy atom. The second-order valence-electron chi connectivity index (χ2n) is 4.17. The lowest BCUT2D eigenvalue weighted by molar-refractivity contribution is 0.115. The third-order valence-electron chi connectivity index (χ3n) is 2.14. The Kier molecular flexibility index (Phi) is 4.52. The van der Waals surface area contributed by atoms with Crippen LogP contribution in [0.1, 0.15) is 13.8 Å². The predicted molar refractivity (Wildman–Crippen MR) is 67.8 cm³/mol. The van der Waals surface area contributed by atoms with Gasteiger partial charge < -0.3 is 4.74 Å². The van der Waals surface area contributed by atoms with Crippen LogP contribution in [0.5, 0.6) is 0 Å². The van der Waals surface area contributed by atoms with Gasteiger partial charge in [0.15, 0.2) is 15.8 Å². The first-order valence-electron chi connectivity index (χ1n) is 5.28. The number of hydrogen-bond acceptors (Lipinski definition) is 5. The summed E-state index contributed by atoms with van der Waals surface area (Å²) in [5.41, 5.74) is 0. The number of hydrogen-bond donors (Lipinski definition) is 0. The first-order valence-corrected chi connectivity index (χ1v) is 8.82. The highest BCUT2D eigenvalue weighted by atomic mass is 32.2. The zero-order valence-electron chi connectivity index (χ0n) is 10.5. The average molecular weight is 292 g/mol. The van der Waals surface area contributed by atoms with Gasteiger partial charge in [0.2, 0.25) is 9.84 Å². The third kappa shape index (κ3) is 3.79. The molecular weight excluding hydrogens is 276 g/mol. The minimum Gasteiger partial charge on any atom is -0.363 e. The second kappa shape index (κ2) is 5.38. The van der Waals surface area contributed by atoms with Crippen molar-refractivity contribution in [2.45, 2.75) is 29.7 Å². The monoisotopic (exact) mass is 292 g/mol. The molecule has 0 saturated carbocycles. The van der Waals surface area contributed by atoms with E-state index in [0.29, 0.717) is 0 Å². The summed E-state index contributed by atoms with van der Waals surface area (Å²) in [4.78, 5) is -0.412. The summed E-state index contributed by atoms with van der Waals surface area (Å²) in [5, 5.41) is 0. The smallest absolute Gasteiger partial charge is 0.203 e. The van der Waals surface area contributed by atoms with Gasteiger partial charge >= 0.3 is 0 Å². The summed E-state index contributed by atoms with van der Waals surface area (Å²) in [6, 6.07) is 5.52. The predicted octanol–water partition coefficient (Wildman–Crippen LogP) is 1.25. The summed E-state index contributed by atoms with van der Waals surface area (Å²) in [6.45, 7) is 3.41. The molecule has 0 bridgehead atoms. The van der Waals surface area contributed by atoms with Gasteiger partial charge in [0.25, 0.3) is 0 Å². The van der Waals surface area contributed by atoms with Crippen LogP contribution in [-0.4, -0.2) is 35.1 Å². The summed E-state index contributed by atoms with van der Waals surface area (Å²) >= 11 is 0. The largest absolute Gasteiger partial charge is 0.363 e. The van der Waals surface area contributed by atoms with Crippen molar-refractivity contribution in [2.24, 2.45) is 0 Å². The van der Waals surface area contributed by atoms with Crippen LogP contribution in [0.4, 0.5) is 0 Å². The first kappa shape index (κ1) is 15.1. The van der Waals surface area contributed by atoms with Crippen LogP contribution in [0.15, 0.2) is 34.1 Å². The Bertz CT molecular complexity index is 615. The van der Waals surface area contributed by atoms with E-state index in [9.17, 15) is 16.8 Å². The molecule has 0 heterocycles. The van der Waals surface area contributed by atoms with Crippen LogP contribution < -0.4 is 0 Å². The van der Waals surface area contributed by atoms with E-state index in [0.717, 1.165) is 6.26 Å². The van der Waals surface area contributed by atoms with E-state index in [4.69, 9.17) is 4.74 Å². The molecule has 0 amide bonds. The maximum absolute atomic E-state index is 12.0. The van der Waals surface area contributed by atoms with Gasteiger partial charge in [0.1, 0.15) is 0 Å². The molecular formula is C11H16O5S2. The molecule has 0 unspecified atom stereocenters. The van der Waals surface area contributed by atoms with Crippen molar-refractivity contribution in [3.8, 4) is 0 Å². The van der Waals surface area contributed by atoms with Gasteiger partial charge in [-0.3, -0.25) is 0 Å². The van der Waals surface area contributed by atoms with E-state index in [1.54, 1.807) is 13.8 Å². The van der Waals surface area contributed by atoms with E-state index in [-0.39, 0.29) is 15.9 Å². The van der Waals surface area contributed by atoms with Crippen molar-refractivity contribution < 1.29 is 21.6 Å². The van der Waals surface area contributed by atoms with Crippen LogP contribution >= 0.6 is 0 Å². The van der Waals surface area contributed by atoms with Crippen molar-refractivity contribution >= 4 is 19.7 Å². The summed E-state index contributed by atoms with van der Waals surface area (Å²) in [5.74, 6) is -0.531. The van der Waals surface area contributed by atoms with Crippen LogP contribution in [0.2, 0.25) is 0 Å². The van der Waals surface area contributed by atoms with Crippen LogP contribution in [0.25, 0.3) is 0 Å². The molecule has 102 valence electrons. The maximum Gasteiger partial charge on any atom is 0.203 e. The number of ether oxygens (including phenoxy) is 1. The lowest BCUT2D eigenvalue weighted by Crippen LogP contribution is -2.16. The zero-order valence-corrected chi connectivity index (χ0v) is 12.1. The van der Waals surface area contributed by atoms with Gasteiger partial charge in [-0.1, -0.05) is 12.1 Å². The molecule has 18 heavy (non-hydrogen) atoms. The van der Waals surface area contributed by atoms with Gasteiger partial charge in [-0.05, 0) is 26.0 Å². The quantitative estimate of drug-likeness (QED) is 0.816. The van der Waals surface area contributed by atoms with E-state index in [1.807, 2.05) is 0 Å². The van der Waals surface area contributed by atoms with Gasteiger partial charge in [-0.25, -0.2) is 16.8 Å². The average Bonchev–Trinajstić information content (AvgIpc) is 2.25. The lowest BCUT2D eigenvalue weighted by Gasteiger charge is -2.11. The van der Waals surface area contributed by atoms with Crippen molar-refractivity contribution in [3.05, 3.63) is 24.3 Å². The van der Waals surface area contributed by atoms with E-state index >= 15 is 0 Å². The Labute approximate surface area is 108 Å². The Hall–Kier alpha value is -0.920. The molecule has 0 aliphatic carbocycles. The van der Waals surface area contributed by atoms with Crippen molar-refractivity contribution in [3.63, 3.8) is 0 Å². The molecule has 0 radical (unpaired) electrons. The molecule has 1 aromatic carbocycles. The molecule has 7 heteroatoms.